The molecule has 9 heteroatoms. The van der Waals surface area contributed by atoms with Crippen LogP contribution in [0, 0.1) is 5.92 Å². The van der Waals surface area contributed by atoms with Gasteiger partial charge in [0.15, 0.2) is 0 Å². The molecule has 1 saturated heterocycles. The number of hydrogen-bond donors (Lipinski definition) is 1. The van der Waals surface area contributed by atoms with E-state index in [1.165, 1.54) is 0 Å². The molecule has 3 heterocycles. The lowest BCUT2D eigenvalue weighted by molar-refractivity contribution is -0.135. The highest BCUT2D eigenvalue weighted by atomic mass is 35.5. The van der Waals surface area contributed by atoms with E-state index in [4.69, 9.17) is 5.73 Å². The second kappa shape index (κ2) is 8.80. The predicted octanol–water partition coefficient (Wildman–Crippen LogP) is 2.17. The average molecular weight is 392 g/mol. The summed E-state index contributed by atoms with van der Waals surface area (Å²) in [7, 11) is 0. The van der Waals surface area contributed by atoms with Crippen molar-refractivity contribution in [2.45, 2.75) is 19.9 Å². The van der Waals surface area contributed by atoms with E-state index in [0.29, 0.717) is 13.1 Å². The summed E-state index contributed by atoms with van der Waals surface area (Å²) in [4.78, 5) is 26.2. The van der Waals surface area contributed by atoms with Crippen LogP contribution in [-0.4, -0.2) is 53.0 Å². The molecule has 3 rings (SSSR count). The van der Waals surface area contributed by atoms with Crippen LogP contribution in [0.2, 0.25) is 0 Å². The van der Waals surface area contributed by atoms with Crippen molar-refractivity contribution in [3.8, 4) is 0 Å². The molecule has 0 spiro atoms. The lowest BCUT2D eigenvalue weighted by Gasteiger charge is -2.37. The van der Waals surface area contributed by atoms with E-state index >= 15 is 0 Å². The molecule has 1 amide bonds. The molecule has 134 valence electrons. The Hall–Kier alpha value is -1.15. The zero-order valence-corrected chi connectivity index (χ0v) is 16.2. The molecule has 1 aliphatic heterocycles. The summed E-state index contributed by atoms with van der Waals surface area (Å²) in [5, 5.41) is 3.13. The third kappa shape index (κ3) is 4.08. The van der Waals surface area contributed by atoms with E-state index in [-0.39, 0.29) is 42.7 Å². The number of rotatable bonds is 3. The lowest BCUT2D eigenvalue weighted by atomic mass is 10.0. The maximum absolute atomic E-state index is 12.4. The van der Waals surface area contributed by atoms with E-state index in [2.05, 4.69) is 20.9 Å². The Kier molecular flexibility index (Phi) is 7.66. The summed E-state index contributed by atoms with van der Waals surface area (Å²) in [6.45, 7) is 6.79. The van der Waals surface area contributed by atoms with Crippen LogP contribution in [0.5, 0.6) is 0 Å². The number of anilines is 1. The van der Waals surface area contributed by atoms with Crippen molar-refractivity contribution in [2.75, 3.05) is 31.1 Å². The quantitative estimate of drug-likeness (QED) is 0.867. The number of nitrogens with zero attached hydrogens (tertiary/aromatic N) is 4. The number of carbonyl (C=O) groups is 1. The highest BCUT2D eigenvalue weighted by molar-refractivity contribution is 7.16. The fraction of sp³-hybridized carbons (Fsp3) is 0.533. The number of hydrogen-bond acceptors (Lipinski definition) is 6. The molecule has 0 radical (unpaired) electrons. The van der Waals surface area contributed by atoms with Gasteiger partial charge in [-0.15, -0.1) is 36.2 Å². The van der Waals surface area contributed by atoms with E-state index < -0.39 is 0 Å². The Morgan fingerprint density at radius 1 is 1.21 bits per heavy atom. The van der Waals surface area contributed by atoms with Gasteiger partial charge >= 0.3 is 0 Å². The Bertz CT molecular complexity index is 673. The van der Waals surface area contributed by atoms with Crippen LogP contribution in [0.15, 0.2) is 17.8 Å². The first kappa shape index (κ1) is 20.9. The highest BCUT2D eigenvalue weighted by Gasteiger charge is 2.27. The van der Waals surface area contributed by atoms with Crippen LogP contribution in [0.1, 0.15) is 13.8 Å². The minimum absolute atomic E-state index is 0. The molecule has 6 nitrogen and oxygen atoms in total. The van der Waals surface area contributed by atoms with Gasteiger partial charge in [-0.25, -0.2) is 9.97 Å². The van der Waals surface area contributed by atoms with Gasteiger partial charge in [-0.3, -0.25) is 4.79 Å². The molecule has 2 N–H and O–H groups in total. The maximum Gasteiger partial charge on any atom is 0.227 e. The van der Waals surface area contributed by atoms with Crippen molar-refractivity contribution in [2.24, 2.45) is 11.7 Å². The molecule has 0 saturated carbocycles. The van der Waals surface area contributed by atoms with E-state index in [9.17, 15) is 4.79 Å². The van der Waals surface area contributed by atoms with Crippen molar-refractivity contribution in [1.82, 2.24) is 14.9 Å². The Morgan fingerprint density at radius 3 is 2.50 bits per heavy atom. The molecule has 0 aliphatic carbocycles. The normalized spacial score (nSPS) is 17.0. The largest absolute Gasteiger partial charge is 0.352 e. The molecule has 2 unspecified atom stereocenters. The minimum Gasteiger partial charge on any atom is -0.352 e. The standard InChI is InChI=1S/C15H21N5OS.2ClH/c1-10(11(2)16)15(21)20-6-4-19(5-7-20)13-12-3-8-22-14(12)18-9-17-13;;/h3,8-11H,4-7,16H2,1-2H3;2*1H. The number of aromatic nitrogens is 2. The second-order valence-corrected chi connectivity index (χ2v) is 6.69. The van der Waals surface area contributed by atoms with E-state index in [1.54, 1.807) is 17.7 Å². The monoisotopic (exact) mass is 391 g/mol. The summed E-state index contributed by atoms with van der Waals surface area (Å²) in [5.41, 5.74) is 5.84. The molecule has 0 bridgehead atoms. The summed E-state index contributed by atoms with van der Waals surface area (Å²) < 4.78 is 0. The van der Waals surface area contributed by atoms with Gasteiger partial charge in [-0.2, -0.15) is 0 Å². The van der Waals surface area contributed by atoms with Gasteiger partial charge in [-0.1, -0.05) is 6.92 Å². The Balaban J connectivity index is 0.00000144. The number of carbonyl (C=O) groups excluding carboxylic acids is 1. The number of piperazine rings is 1. The van der Waals surface area contributed by atoms with Crippen molar-refractivity contribution in [3.05, 3.63) is 17.8 Å². The first-order chi connectivity index (χ1) is 10.6. The van der Waals surface area contributed by atoms with Gasteiger partial charge in [0.25, 0.3) is 0 Å². The molecule has 0 aromatic carbocycles. The zero-order valence-electron chi connectivity index (χ0n) is 13.7. The van der Waals surface area contributed by atoms with E-state index in [1.807, 2.05) is 24.1 Å². The predicted molar refractivity (Wildman–Crippen MR) is 104 cm³/mol. The van der Waals surface area contributed by atoms with Crippen LogP contribution >= 0.6 is 36.2 Å². The number of fused-ring (bicyclic) bond motifs is 1. The smallest absolute Gasteiger partial charge is 0.227 e. The fourth-order valence-corrected chi connectivity index (χ4v) is 3.41. The fourth-order valence-electron chi connectivity index (χ4n) is 2.68. The van der Waals surface area contributed by atoms with Gasteiger partial charge in [0.2, 0.25) is 5.91 Å². The summed E-state index contributed by atoms with van der Waals surface area (Å²) >= 11 is 1.62. The molecule has 1 fully saturated rings. The first-order valence-corrected chi connectivity index (χ1v) is 8.43. The Labute approximate surface area is 158 Å². The number of nitrogens with two attached hydrogens (primary N) is 1. The number of halogens is 2. The van der Waals surface area contributed by atoms with Crippen molar-refractivity contribution in [3.63, 3.8) is 0 Å². The molecule has 2 aromatic heterocycles. The van der Waals surface area contributed by atoms with Gasteiger partial charge < -0.3 is 15.5 Å². The van der Waals surface area contributed by atoms with Crippen LogP contribution in [0.3, 0.4) is 0 Å². The molecular weight excluding hydrogens is 369 g/mol. The molecule has 2 aromatic rings. The van der Waals surface area contributed by atoms with Gasteiger partial charge in [-0.05, 0) is 18.4 Å². The number of thiophene rings is 1. The third-order valence-electron chi connectivity index (χ3n) is 4.31. The molecule has 2 atom stereocenters. The minimum atomic E-state index is -0.130. The molecule has 1 aliphatic rings. The van der Waals surface area contributed by atoms with Crippen LogP contribution in [0.4, 0.5) is 5.82 Å². The van der Waals surface area contributed by atoms with Crippen molar-refractivity contribution in [1.29, 1.82) is 0 Å². The van der Waals surface area contributed by atoms with Crippen LogP contribution in [-0.2, 0) is 4.79 Å². The Morgan fingerprint density at radius 2 is 1.88 bits per heavy atom. The van der Waals surface area contributed by atoms with Gasteiger partial charge in [0, 0.05) is 32.2 Å². The third-order valence-corrected chi connectivity index (χ3v) is 5.13. The SMILES string of the molecule is CC(N)C(C)C(=O)N1CCN(c2ncnc3sccc23)CC1.Cl.Cl. The van der Waals surface area contributed by atoms with Crippen molar-refractivity contribution >= 4 is 58.1 Å². The first-order valence-electron chi connectivity index (χ1n) is 7.55. The van der Waals surface area contributed by atoms with Crippen LogP contribution in [0.25, 0.3) is 10.2 Å². The maximum atomic E-state index is 12.4. The van der Waals surface area contributed by atoms with Crippen LogP contribution < -0.4 is 10.6 Å². The van der Waals surface area contributed by atoms with Crippen molar-refractivity contribution < 1.29 is 4.79 Å². The summed E-state index contributed by atoms with van der Waals surface area (Å²) in [5.74, 6) is 0.991. The van der Waals surface area contributed by atoms with Gasteiger partial charge in [0.05, 0.1) is 11.3 Å². The van der Waals surface area contributed by atoms with Gasteiger partial charge in [0.1, 0.15) is 17.0 Å². The highest BCUT2D eigenvalue weighted by Crippen LogP contribution is 2.27. The second-order valence-electron chi connectivity index (χ2n) is 5.80. The van der Waals surface area contributed by atoms with E-state index in [0.717, 1.165) is 29.1 Å². The topological polar surface area (TPSA) is 75.4 Å². The summed E-state index contributed by atoms with van der Waals surface area (Å²) in [6, 6.07) is 1.95. The molecule has 24 heavy (non-hydrogen) atoms. The average Bonchev–Trinajstić information content (AvgIpc) is 3.02. The number of amides is 1. The lowest BCUT2D eigenvalue weighted by Crippen LogP contribution is -2.52. The summed E-state index contributed by atoms with van der Waals surface area (Å²) in [6.07, 6.45) is 1.61. The zero-order chi connectivity index (χ0) is 15.7. The molecular formula is C15H23Cl2N5OS.